The molecule has 3 heteroatoms. The Morgan fingerprint density at radius 2 is 1.89 bits per heavy atom. The molecule has 1 aliphatic heterocycles. The highest BCUT2D eigenvalue weighted by Crippen LogP contribution is 2.41. The monoisotopic (exact) mass is 304 g/mol. The molecule has 3 rings (SSSR count). The fourth-order valence-electron chi connectivity index (χ4n) is 2.29. The lowest BCUT2D eigenvalue weighted by atomic mass is 9.95. The Morgan fingerprint density at radius 1 is 1.11 bits per heavy atom. The van der Waals surface area contributed by atoms with E-state index in [4.69, 9.17) is 4.74 Å². The second kappa shape index (κ2) is 4.75. The van der Waals surface area contributed by atoms with Crippen molar-refractivity contribution in [3.8, 4) is 5.75 Å². The van der Waals surface area contributed by atoms with Crippen LogP contribution in [-0.2, 0) is 0 Å². The predicted octanol–water partition coefficient (Wildman–Crippen LogP) is 4.01. The van der Waals surface area contributed by atoms with E-state index in [0.29, 0.717) is 6.42 Å². The first-order chi connectivity index (χ1) is 8.74. The Balaban J connectivity index is 1.95. The van der Waals surface area contributed by atoms with E-state index in [0.717, 1.165) is 21.3 Å². The Labute approximate surface area is 114 Å². The second-order valence-electron chi connectivity index (χ2n) is 4.45. The molecular weight excluding hydrogens is 292 g/mol. The van der Waals surface area contributed by atoms with Gasteiger partial charge in [0.25, 0.3) is 0 Å². The van der Waals surface area contributed by atoms with E-state index in [1.165, 1.54) is 0 Å². The fraction of sp³-hybridized carbons (Fsp3) is 0.200. The fourth-order valence-corrected chi connectivity index (χ4v) is 2.67. The Bertz CT molecular complexity index is 554. The van der Waals surface area contributed by atoms with Gasteiger partial charge >= 0.3 is 0 Å². The Morgan fingerprint density at radius 3 is 2.67 bits per heavy atom. The molecule has 0 saturated heterocycles. The zero-order chi connectivity index (χ0) is 12.5. The maximum absolute atomic E-state index is 10.2. The van der Waals surface area contributed by atoms with Crippen LogP contribution < -0.4 is 4.74 Å². The van der Waals surface area contributed by atoms with E-state index in [-0.39, 0.29) is 6.10 Å². The van der Waals surface area contributed by atoms with Crippen molar-refractivity contribution in [3.05, 3.63) is 64.1 Å². The zero-order valence-electron chi connectivity index (χ0n) is 9.71. The number of hydrogen-bond donors (Lipinski definition) is 1. The van der Waals surface area contributed by atoms with Gasteiger partial charge in [-0.15, -0.1) is 0 Å². The van der Waals surface area contributed by atoms with Gasteiger partial charge < -0.3 is 9.84 Å². The van der Waals surface area contributed by atoms with Gasteiger partial charge in [0.2, 0.25) is 0 Å². The van der Waals surface area contributed by atoms with Crippen LogP contribution in [0.25, 0.3) is 0 Å². The van der Waals surface area contributed by atoms with E-state index < -0.39 is 6.10 Å². The smallest absolute Gasteiger partial charge is 0.127 e. The van der Waals surface area contributed by atoms with Gasteiger partial charge in [-0.25, -0.2) is 0 Å². The standard InChI is InChI=1S/C15H13BrO2/c16-11-6-7-14-12(8-11)13(17)9-15(18-14)10-4-2-1-3-5-10/h1-8,13,15,17H,9H2. The number of aliphatic hydroxyl groups excluding tert-OH is 1. The molecule has 2 nitrogen and oxygen atoms in total. The van der Waals surface area contributed by atoms with Gasteiger partial charge in [-0.1, -0.05) is 46.3 Å². The van der Waals surface area contributed by atoms with Crippen LogP contribution in [0.1, 0.15) is 29.8 Å². The van der Waals surface area contributed by atoms with E-state index in [1.54, 1.807) is 0 Å². The molecule has 0 radical (unpaired) electrons. The number of hydrogen-bond acceptors (Lipinski definition) is 2. The third-order valence-electron chi connectivity index (χ3n) is 3.21. The summed E-state index contributed by atoms with van der Waals surface area (Å²) in [6.45, 7) is 0. The lowest BCUT2D eigenvalue weighted by molar-refractivity contribution is 0.0657. The summed E-state index contributed by atoms with van der Waals surface area (Å²) in [5.41, 5.74) is 1.96. The molecule has 1 N–H and O–H groups in total. The van der Waals surface area contributed by atoms with Crippen molar-refractivity contribution in [1.82, 2.24) is 0 Å². The summed E-state index contributed by atoms with van der Waals surface area (Å²) in [5.74, 6) is 0.769. The number of benzene rings is 2. The largest absolute Gasteiger partial charge is 0.485 e. The van der Waals surface area contributed by atoms with Gasteiger partial charge in [0, 0.05) is 16.5 Å². The van der Waals surface area contributed by atoms with E-state index >= 15 is 0 Å². The lowest BCUT2D eigenvalue weighted by Gasteiger charge is -2.30. The van der Waals surface area contributed by atoms with Gasteiger partial charge in [0.15, 0.2) is 0 Å². The Hall–Kier alpha value is -1.32. The molecule has 2 unspecified atom stereocenters. The van der Waals surface area contributed by atoms with Crippen LogP contribution in [0.5, 0.6) is 5.75 Å². The zero-order valence-corrected chi connectivity index (χ0v) is 11.3. The van der Waals surface area contributed by atoms with Crippen LogP contribution in [-0.4, -0.2) is 5.11 Å². The average molecular weight is 305 g/mol. The van der Waals surface area contributed by atoms with E-state index in [9.17, 15) is 5.11 Å². The molecule has 0 aromatic heterocycles. The van der Waals surface area contributed by atoms with Crippen LogP contribution in [0.3, 0.4) is 0 Å². The molecule has 18 heavy (non-hydrogen) atoms. The first-order valence-corrected chi connectivity index (χ1v) is 6.72. The molecule has 92 valence electrons. The van der Waals surface area contributed by atoms with Crippen molar-refractivity contribution in [2.24, 2.45) is 0 Å². The first kappa shape index (κ1) is 11.8. The minimum atomic E-state index is -0.476. The van der Waals surface area contributed by atoms with Gasteiger partial charge in [-0.2, -0.15) is 0 Å². The molecular formula is C15H13BrO2. The Kier molecular flexibility index (Phi) is 3.10. The van der Waals surface area contributed by atoms with Gasteiger partial charge in [0.05, 0.1) is 6.10 Å². The van der Waals surface area contributed by atoms with Crippen molar-refractivity contribution < 1.29 is 9.84 Å². The number of aliphatic hydroxyl groups is 1. The lowest BCUT2D eigenvalue weighted by Crippen LogP contribution is -2.18. The number of halogens is 1. The van der Waals surface area contributed by atoms with Crippen LogP contribution in [0, 0.1) is 0 Å². The normalized spacial score (nSPS) is 22.1. The van der Waals surface area contributed by atoms with Gasteiger partial charge in [0.1, 0.15) is 11.9 Å². The number of rotatable bonds is 1. The summed E-state index contributed by atoms with van der Waals surface area (Å²) >= 11 is 3.41. The van der Waals surface area contributed by atoms with Crippen molar-refractivity contribution in [1.29, 1.82) is 0 Å². The van der Waals surface area contributed by atoms with E-state index in [2.05, 4.69) is 15.9 Å². The topological polar surface area (TPSA) is 29.5 Å². The molecule has 0 fully saturated rings. The molecule has 2 atom stereocenters. The van der Waals surface area contributed by atoms with Gasteiger partial charge in [-0.05, 0) is 23.8 Å². The minimum absolute atomic E-state index is 0.0742. The minimum Gasteiger partial charge on any atom is -0.485 e. The second-order valence-corrected chi connectivity index (χ2v) is 5.37. The molecule has 1 aliphatic rings. The van der Waals surface area contributed by atoms with Crippen LogP contribution >= 0.6 is 15.9 Å². The average Bonchev–Trinajstić information content (AvgIpc) is 2.40. The van der Waals surface area contributed by atoms with E-state index in [1.807, 2.05) is 48.5 Å². The van der Waals surface area contributed by atoms with Crippen molar-refractivity contribution in [2.45, 2.75) is 18.6 Å². The van der Waals surface area contributed by atoms with Crippen molar-refractivity contribution in [2.75, 3.05) is 0 Å². The third-order valence-corrected chi connectivity index (χ3v) is 3.70. The maximum atomic E-state index is 10.2. The highest BCUT2D eigenvalue weighted by Gasteiger charge is 2.27. The van der Waals surface area contributed by atoms with Crippen LogP contribution in [0.15, 0.2) is 53.0 Å². The number of fused-ring (bicyclic) bond motifs is 1. The summed E-state index contributed by atoms with van der Waals surface area (Å²) in [7, 11) is 0. The first-order valence-electron chi connectivity index (χ1n) is 5.93. The highest BCUT2D eigenvalue weighted by molar-refractivity contribution is 9.10. The van der Waals surface area contributed by atoms with Gasteiger partial charge in [-0.3, -0.25) is 0 Å². The van der Waals surface area contributed by atoms with Crippen LogP contribution in [0.2, 0.25) is 0 Å². The van der Waals surface area contributed by atoms with Crippen molar-refractivity contribution >= 4 is 15.9 Å². The van der Waals surface area contributed by atoms with Crippen molar-refractivity contribution in [3.63, 3.8) is 0 Å². The molecule has 2 aromatic carbocycles. The molecule has 0 spiro atoms. The maximum Gasteiger partial charge on any atom is 0.127 e. The molecule has 1 heterocycles. The van der Waals surface area contributed by atoms with Crippen LogP contribution in [0.4, 0.5) is 0 Å². The summed E-state index contributed by atoms with van der Waals surface area (Å²) in [6, 6.07) is 15.8. The molecule has 0 amide bonds. The highest BCUT2D eigenvalue weighted by atomic mass is 79.9. The molecule has 0 bridgehead atoms. The predicted molar refractivity (Wildman–Crippen MR) is 73.5 cm³/mol. The summed E-state index contributed by atoms with van der Waals surface area (Å²) < 4.78 is 6.92. The summed E-state index contributed by atoms with van der Waals surface area (Å²) in [6.07, 6.45) is 0.0410. The molecule has 0 aliphatic carbocycles. The number of ether oxygens (including phenoxy) is 1. The summed E-state index contributed by atoms with van der Waals surface area (Å²) in [4.78, 5) is 0. The SMILES string of the molecule is OC1CC(c2ccccc2)Oc2ccc(Br)cc21. The quantitative estimate of drug-likeness (QED) is 0.862. The molecule has 0 saturated carbocycles. The third kappa shape index (κ3) is 2.16. The molecule has 2 aromatic rings. The summed E-state index contributed by atoms with van der Waals surface area (Å²) in [5, 5.41) is 10.2.